The summed E-state index contributed by atoms with van der Waals surface area (Å²) >= 11 is 0. The molecule has 0 aliphatic rings. The molecule has 0 saturated heterocycles. The molecule has 1 unspecified atom stereocenters. The van der Waals surface area contributed by atoms with Gasteiger partial charge in [-0.25, -0.2) is 4.98 Å². The minimum Gasteiger partial charge on any atom is -0.494 e. The minimum atomic E-state index is -1.14. The van der Waals surface area contributed by atoms with E-state index in [1.165, 1.54) is 7.11 Å². The van der Waals surface area contributed by atoms with Gasteiger partial charge in [0, 0.05) is 6.20 Å². The first-order valence-electron chi connectivity index (χ1n) is 5.95. The van der Waals surface area contributed by atoms with E-state index in [2.05, 4.69) is 4.98 Å². The second kappa shape index (κ2) is 5.20. The van der Waals surface area contributed by atoms with Gasteiger partial charge >= 0.3 is 0 Å². The topological polar surface area (TPSA) is 65.2 Å². The van der Waals surface area contributed by atoms with Gasteiger partial charge in [0.1, 0.15) is 11.3 Å². The predicted molar refractivity (Wildman–Crippen MR) is 73.1 cm³/mol. The lowest BCUT2D eigenvalue weighted by atomic mass is 9.87. The molecular weight excluding hydrogens is 240 g/mol. The molecule has 0 spiro atoms. The quantitative estimate of drug-likeness (QED) is 0.851. The number of hydrogen-bond donors (Lipinski definition) is 1. The number of rotatable bonds is 4. The molecule has 2 N–H and O–H groups in total. The second-order valence-corrected chi connectivity index (χ2v) is 4.45. The number of ether oxygens (including phenoxy) is 1. The number of nitrogens with zero attached hydrogens (tertiary/aromatic N) is 1. The van der Waals surface area contributed by atoms with Crippen molar-refractivity contribution in [2.45, 2.75) is 12.5 Å². The summed E-state index contributed by atoms with van der Waals surface area (Å²) in [6.45, 7) is 1.68. The number of Topliss-reactive ketones (excluding diaryl/α,β-unsaturated/α-hetero) is 1. The molecule has 0 amide bonds. The lowest BCUT2D eigenvalue weighted by Crippen LogP contribution is -2.42. The van der Waals surface area contributed by atoms with E-state index >= 15 is 0 Å². The van der Waals surface area contributed by atoms with Crippen molar-refractivity contribution in [3.63, 3.8) is 0 Å². The molecular formula is C15H16N2O2. The number of carbonyl (C=O) groups excluding carboxylic acids is 1. The van der Waals surface area contributed by atoms with Crippen LogP contribution >= 0.6 is 0 Å². The number of aromatic nitrogens is 1. The number of ketones is 1. The fourth-order valence-electron chi connectivity index (χ4n) is 1.89. The van der Waals surface area contributed by atoms with Gasteiger partial charge in [0.05, 0.1) is 7.11 Å². The summed E-state index contributed by atoms with van der Waals surface area (Å²) in [4.78, 5) is 16.7. The molecule has 0 aliphatic heterocycles. The summed E-state index contributed by atoms with van der Waals surface area (Å²) in [6, 6.07) is 12.6. The summed E-state index contributed by atoms with van der Waals surface area (Å²) < 4.78 is 5.16. The predicted octanol–water partition coefficient (Wildman–Crippen LogP) is 2.15. The molecule has 1 atom stereocenters. The van der Waals surface area contributed by atoms with Crippen LogP contribution in [0, 0.1) is 0 Å². The zero-order valence-electron chi connectivity index (χ0n) is 11.0. The van der Waals surface area contributed by atoms with Gasteiger partial charge in [0.15, 0.2) is 5.69 Å². The highest BCUT2D eigenvalue weighted by atomic mass is 16.5. The lowest BCUT2D eigenvalue weighted by molar-refractivity contribution is 0.0891. The Hall–Kier alpha value is -2.20. The zero-order valence-corrected chi connectivity index (χ0v) is 11.0. The molecule has 4 heteroatoms. The van der Waals surface area contributed by atoms with E-state index in [9.17, 15) is 4.79 Å². The van der Waals surface area contributed by atoms with Crippen LogP contribution in [0.3, 0.4) is 0 Å². The number of carbonyl (C=O) groups is 1. The van der Waals surface area contributed by atoms with E-state index in [0.717, 1.165) is 5.56 Å². The lowest BCUT2D eigenvalue weighted by Gasteiger charge is -2.23. The van der Waals surface area contributed by atoms with E-state index in [1.54, 1.807) is 25.3 Å². The van der Waals surface area contributed by atoms with Crippen LogP contribution in [0.25, 0.3) is 0 Å². The molecule has 19 heavy (non-hydrogen) atoms. The van der Waals surface area contributed by atoms with E-state index in [1.807, 2.05) is 30.3 Å². The van der Waals surface area contributed by atoms with Gasteiger partial charge in [-0.15, -0.1) is 0 Å². The molecule has 2 aromatic rings. The van der Waals surface area contributed by atoms with Crippen molar-refractivity contribution in [3.05, 3.63) is 59.9 Å². The third-order valence-electron chi connectivity index (χ3n) is 3.05. The molecule has 2 rings (SSSR count). The third-order valence-corrected chi connectivity index (χ3v) is 3.05. The minimum absolute atomic E-state index is 0.249. The summed E-state index contributed by atoms with van der Waals surface area (Å²) in [5, 5.41) is 0. The number of hydrogen-bond acceptors (Lipinski definition) is 4. The van der Waals surface area contributed by atoms with Crippen LogP contribution < -0.4 is 10.5 Å². The van der Waals surface area contributed by atoms with Crippen LogP contribution in [0.5, 0.6) is 5.75 Å². The van der Waals surface area contributed by atoms with Gasteiger partial charge in [0.2, 0.25) is 5.78 Å². The van der Waals surface area contributed by atoms with Crippen LogP contribution in [0.15, 0.2) is 48.7 Å². The number of benzene rings is 1. The Kier molecular flexibility index (Phi) is 3.62. The standard InChI is InChI=1S/C15H16N2O2/c1-15(16,11-7-4-3-5-8-11)14(18)13-12(19-2)9-6-10-17-13/h3-10H,16H2,1-2H3. The maximum Gasteiger partial charge on any atom is 0.208 e. The molecule has 0 fully saturated rings. The molecule has 0 bridgehead atoms. The van der Waals surface area contributed by atoms with Gasteiger partial charge in [-0.3, -0.25) is 4.79 Å². The highest BCUT2D eigenvalue weighted by Gasteiger charge is 2.33. The average Bonchev–Trinajstić information content (AvgIpc) is 2.47. The summed E-state index contributed by atoms with van der Waals surface area (Å²) in [6.07, 6.45) is 1.55. The Labute approximate surface area is 112 Å². The Balaban J connectivity index is 2.44. The molecule has 4 nitrogen and oxygen atoms in total. The average molecular weight is 256 g/mol. The molecule has 1 aromatic heterocycles. The Bertz CT molecular complexity index is 580. The van der Waals surface area contributed by atoms with Gasteiger partial charge in [-0.2, -0.15) is 0 Å². The fraction of sp³-hybridized carbons (Fsp3) is 0.200. The fourth-order valence-corrected chi connectivity index (χ4v) is 1.89. The highest BCUT2D eigenvalue weighted by molar-refractivity contribution is 6.03. The van der Waals surface area contributed by atoms with Crippen molar-refractivity contribution in [3.8, 4) is 5.75 Å². The van der Waals surface area contributed by atoms with Crippen LogP contribution in [-0.4, -0.2) is 17.9 Å². The SMILES string of the molecule is COc1cccnc1C(=O)C(C)(N)c1ccccc1. The summed E-state index contributed by atoms with van der Waals surface area (Å²) in [5.74, 6) is 0.163. The van der Waals surface area contributed by atoms with Crippen molar-refractivity contribution in [1.82, 2.24) is 4.98 Å². The molecule has 0 aliphatic carbocycles. The van der Waals surface area contributed by atoms with Crippen molar-refractivity contribution < 1.29 is 9.53 Å². The largest absolute Gasteiger partial charge is 0.494 e. The molecule has 0 saturated carbocycles. The highest BCUT2D eigenvalue weighted by Crippen LogP contribution is 2.26. The number of methoxy groups -OCH3 is 1. The van der Waals surface area contributed by atoms with Crippen LogP contribution in [0.1, 0.15) is 23.0 Å². The Morgan fingerprint density at radius 2 is 1.89 bits per heavy atom. The van der Waals surface area contributed by atoms with Crippen molar-refractivity contribution >= 4 is 5.78 Å². The van der Waals surface area contributed by atoms with E-state index in [-0.39, 0.29) is 11.5 Å². The Morgan fingerprint density at radius 1 is 1.21 bits per heavy atom. The monoisotopic (exact) mass is 256 g/mol. The number of nitrogens with two attached hydrogens (primary N) is 1. The first-order chi connectivity index (χ1) is 9.07. The first-order valence-corrected chi connectivity index (χ1v) is 5.95. The van der Waals surface area contributed by atoms with Gasteiger partial charge in [-0.1, -0.05) is 30.3 Å². The van der Waals surface area contributed by atoms with Crippen LogP contribution in [0.4, 0.5) is 0 Å². The van der Waals surface area contributed by atoms with Crippen LogP contribution in [0.2, 0.25) is 0 Å². The van der Waals surface area contributed by atoms with Crippen LogP contribution in [-0.2, 0) is 5.54 Å². The molecule has 1 heterocycles. The normalized spacial score (nSPS) is 13.6. The van der Waals surface area contributed by atoms with Gasteiger partial charge < -0.3 is 10.5 Å². The summed E-state index contributed by atoms with van der Waals surface area (Å²) in [7, 11) is 1.50. The van der Waals surface area contributed by atoms with E-state index in [4.69, 9.17) is 10.5 Å². The van der Waals surface area contributed by atoms with Crippen molar-refractivity contribution in [2.24, 2.45) is 5.73 Å². The maximum absolute atomic E-state index is 12.6. The molecule has 0 radical (unpaired) electrons. The van der Waals surface area contributed by atoms with E-state index in [0.29, 0.717) is 5.75 Å². The summed E-state index contributed by atoms with van der Waals surface area (Å²) in [5.41, 5.74) is 6.05. The van der Waals surface area contributed by atoms with Crippen molar-refractivity contribution in [1.29, 1.82) is 0 Å². The molecule has 1 aromatic carbocycles. The number of pyridine rings is 1. The zero-order chi connectivity index (χ0) is 13.9. The van der Waals surface area contributed by atoms with Gasteiger partial charge in [0.25, 0.3) is 0 Å². The van der Waals surface area contributed by atoms with Crippen molar-refractivity contribution in [2.75, 3.05) is 7.11 Å². The van der Waals surface area contributed by atoms with Gasteiger partial charge in [-0.05, 0) is 24.6 Å². The smallest absolute Gasteiger partial charge is 0.208 e. The second-order valence-electron chi connectivity index (χ2n) is 4.45. The third kappa shape index (κ3) is 2.48. The maximum atomic E-state index is 12.6. The Morgan fingerprint density at radius 3 is 2.53 bits per heavy atom. The van der Waals surface area contributed by atoms with E-state index < -0.39 is 5.54 Å². The molecule has 98 valence electrons. The first kappa shape index (κ1) is 13.2.